The quantitative estimate of drug-likeness (QED) is 0.932. The van der Waals surface area contributed by atoms with Crippen LogP contribution in [0, 0.1) is 5.82 Å². The van der Waals surface area contributed by atoms with Crippen LogP contribution in [0.5, 0.6) is 0 Å². The van der Waals surface area contributed by atoms with Crippen molar-refractivity contribution in [2.75, 3.05) is 0 Å². The fraction of sp³-hybridized carbons (Fsp3) is 0.357. The summed E-state index contributed by atoms with van der Waals surface area (Å²) in [6, 6.07) is 4.49. The molecular weight excluding hydrogens is 265 g/mol. The number of nitrogens with zero attached hydrogens (tertiary/aromatic N) is 2. The minimum Gasteiger partial charge on any atom is -0.306 e. The maximum absolute atomic E-state index is 13.9. The van der Waals surface area contributed by atoms with Gasteiger partial charge in [-0.15, -0.1) is 0 Å². The van der Waals surface area contributed by atoms with Crippen LogP contribution in [0.15, 0.2) is 30.7 Å². The van der Waals surface area contributed by atoms with Gasteiger partial charge in [-0.2, -0.15) is 0 Å². The lowest BCUT2D eigenvalue weighted by molar-refractivity contribution is 0.419. The number of imidazole rings is 1. The molecule has 1 N–H and O–H groups in total. The summed E-state index contributed by atoms with van der Waals surface area (Å²) < 4.78 is 15.6. The van der Waals surface area contributed by atoms with Crippen molar-refractivity contribution in [1.29, 1.82) is 0 Å². The van der Waals surface area contributed by atoms with Gasteiger partial charge in [-0.3, -0.25) is 4.57 Å². The van der Waals surface area contributed by atoms with Crippen LogP contribution in [-0.2, 0) is 6.54 Å². The zero-order valence-electron chi connectivity index (χ0n) is 11.2. The van der Waals surface area contributed by atoms with Crippen molar-refractivity contribution in [3.05, 3.63) is 47.3 Å². The van der Waals surface area contributed by atoms with Crippen molar-refractivity contribution < 1.29 is 4.39 Å². The highest BCUT2D eigenvalue weighted by atomic mass is 35.5. The Kier molecular flexibility index (Phi) is 3.92. The summed E-state index contributed by atoms with van der Waals surface area (Å²) in [5, 5.41) is 3.85. The second-order valence-electron chi connectivity index (χ2n) is 5.45. The average molecular weight is 282 g/mol. The van der Waals surface area contributed by atoms with Crippen LogP contribution < -0.4 is 5.32 Å². The molecule has 1 aromatic carbocycles. The van der Waals surface area contributed by atoms with Crippen LogP contribution in [0.3, 0.4) is 0 Å². The fourth-order valence-electron chi connectivity index (χ4n) is 1.70. The molecule has 5 heteroatoms. The molecule has 2 aromatic rings. The Morgan fingerprint density at radius 3 is 2.79 bits per heavy atom. The number of halogens is 2. The van der Waals surface area contributed by atoms with Gasteiger partial charge in [0.15, 0.2) is 0 Å². The first kappa shape index (κ1) is 14.0. The summed E-state index contributed by atoms with van der Waals surface area (Å²) in [4.78, 5) is 4.08. The second-order valence-corrected chi connectivity index (χ2v) is 5.89. The Bertz CT molecular complexity index is 572. The molecule has 19 heavy (non-hydrogen) atoms. The third-order valence-corrected chi connectivity index (χ3v) is 2.92. The minimum atomic E-state index is -0.320. The highest BCUT2D eigenvalue weighted by Crippen LogP contribution is 2.20. The van der Waals surface area contributed by atoms with Gasteiger partial charge < -0.3 is 5.32 Å². The first-order valence-corrected chi connectivity index (χ1v) is 6.46. The van der Waals surface area contributed by atoms with Crippen molar-refractivity contribution in [2.24, 2.45) is 0 Å². The van der Waals surface area contributed by atoms with E-state index in [9.17, 15) is 4.39 Å². The molecule has 1 heterocycles. The normalized spacial score (nSPS) is 11.8. The summed E-state index contributed by atoms with van der Waals surface area (Å²) in [6.45, 7) is 6.84. The van der Waals surface area contributed by atoms with E-state index in [0.717, 1.165) is 5.69 Å². The van der Waals surface area contributed by atoms with E-state index in [1.165, 1.54) is 12.1 Å². The zero-order chi connectivity index (χ0) is 14.0. The highest BCUT2D eigenvalue weighted by Gasteiger charge is 2.13. The van der Waals surface area contributed by atoms with E-state index in [1.807, 2.05) is 0 Å². The predicted octanol–water partition coefficient (Wildman–Crippen LogP) is 3.55. The molecule has 102 valence electrons. The molecule has 2 rings (SSSR count). The van der Waals surface area contributed by atoms with Crippen LogP contribution in [0.1, 0.15) is 26.5 Å². The van der Waals surface area contributed by atoms with E-state index in [2.05, 4.69) is 31.1 Å². The van der Waals surface area contributed by atoms with Crippen molar-refractivity contribution in [3.8, 4) is 5.69 Å². The molecule has 0 radical (unpaired) electrons. The largest absolute Gasteiger partial charge is 0.306 e. The van der Waals surface area contributed by atoms with Gasteiger partial charge in [0.05, 0.1) is 17.7 Å². The molecule has 0 bridgehead atoms. The molecule has 0 saturated carbocycles. The molecular formula is C14H17ClFN3. The lowest BCUT2D eigenvalue weighted by atomic mass is 10.1. The molecule has 0 aliphatic rings. The first-order valence-electron chi connectivity index (χ1n) is 6.08. The Morgan fingerprint density at radius 1 is 1.37 bits per heavy atom. The second kappa shape index (κ2) is 5.31. The third-order valence-electron chi connectivity index (χ3n) is 2.68. The van der Waals surface area contributed by atoms with Crippen LogP contribution >= 0.6 is 11.6 Å². The maximum Gasteiger partial charge on any atom is 0.147 e. The lowest BCUT2D eigenvalue weighted by Gasteiger charge is -2.21. The average Bonchev–Trinajstić information content (AvgIpc) is 2.77. The van der Waals surface area contributed by atoms with Gasteiger partial charge in [0, 0.05) is 23.3 Å². The molecule has 0 aliphatic carbocycles. The zero-order valence-corrected chi connectivity index (χ0v) is 12.0. The Balaban J connectivity index is 2.31. The fourth-order valence-corrected chi connectivity index (χ4v) is 1.86. The topological polar surface area (TPSA) is 29.9 Å². The van der Waals surface area contributed by atoms with Gasteiger partial charge in [-0.1, -0.05) is 11.6 Å². The molecule has 0 spiro atoms. The number of hydrogen-bond acceptors (Lipinski definition) is 2. The summed E-state index contributed by atoms with van der Waals surface area (Å²) in [5.41, 5.74) is 1.29. The Hall–Kier alpha value is -1.39. The van der Waals surface area contributed by atoms with E-state index in [1.54, 1.807) is 23.2 Å². The number of aromatic nitrogens is 2. The summed E-state index contributed by atoms with van der Waals surface area (Å²) in [7, 11) is 0. The molecule has 0 aliphatic heterocycles. The van der Waals surface area contributed by atoms with Gasteiger partial charge in [0.25, 0.3) is 0 Å². The van der Waals surface area contributed by atoms with E-state index in [0.29, 0.717) is 17.3 Å². The predicted molar refractivity (Wildman–Crippen MR) is 75.1 cm³/mol. The van der Waals surface area contributed by atoms with E-state index in [-0.39, 0.29) is 11.4 Å². The molecule has 0 atom stereocenters. The van der Waals surface area contributed by atoms with Crippen molar-refractivity contribution in [1.82, 2.24) is 14.9 Å². The number of nitrogens with one attached hydrogen (secondary N) is 1. The molecule has 0 saturated heterocycles. The van der Waals surface area contributed by atoms with Crippen molar-refractivity contribution in [3.63, 3.8) is 0 Å². The third kappa shape index (κ3) is 3.55. The van der Waals surface area contributed by atoms with Gasteiger partial charge in [-0.05, 0) is 39.0 Å². The van der Waals surface area contributed by atoms with Crippen molar-refractivity contribution in [2.45, 2.75) is 32.9 Å². The molecule has 0 unspecified atom stereocenters. The number of hydrogen-bond donors (Lipinski definition) is 1. The SMILES string of the molecule is CC(C)(C)NCc1cncn1-c1cc(Cl)ccc1F. The smallest absolute Gasteiger partial charge is 0.147 e. The van der Waals surface area contributed by atoms with E-state index in [4.69, 9.17) is 11.6 Å². The van der Waals surface area contributed by atoms with Crippen molar-refractivity contribution >= 4 is 11.6 Å². The van der Waals surface area contributed by atoms with Gasteiger partial charge in [-0.25, -0.2) is 9.37 Å². The van der Waals surface area contributed by atoms with Gasteiger partial charge >= 0.3 is 0 Å². The Labute approximate surface area is 117 Å². The van der Waals surface area contributed by atoms with E-state index >= 15 is 0 Å². The molecule has 0 fully saturated rings. The first-order chi connectivity index (χ1) is 8.87. The summed E-state index contributed by atoms with van der Waals surface area (Å²) in [5.74, 6) is -0.320. The van der Waals surface area contributed by atoms with Gasteiger partial charge in [0.2, 0.25) is 0 Å². The molecule has 0 amide bonds. The minimum absolute atomic E-state index is 0.0119. The summed E-state index contributed by atoms with van der Waals surface area (Å²) >= 11 is 5.92. The van der Waals surface area contributed by atoms with Crippen LogP contribution in [0.2, 0.25) is 5.02 Å². The molecule has 3 nitrogen and oxygen atoms in total. The van der Waals surface area contributed by atoms with Crippen LogP contribution in [-0.4, -0.2) is 15.1 Å². The number of benzene rings is 1. The number of rotatable bonds is 3. The molecule has 1 aromatic heterocycles. The summed E-state index contributed by atoms with van der Waals surface area (Å²) in [6.07, 6.45) is 3.31. The standard InChI is InChI=1S/C14H17ClFN3/c1-14(2,3)18-8-11-7-17-9-19(11)13-6-10(15)4-5-12(13)16/h4-7,9,18H,8H2,1-3H3. The maximum atomic E-state index is 13.9. The van der Waals surface area contributed by atoms with E-state index < -0.39 is 0 Å². The Morgan fingerprint density at radius 2 is 2.11 bits per heavy atom. The monoisotopic (exact) mass is 281 g/mol. The lowest BCUT2D eigenvalue weighted by Crippen LogP contribution is -2.35. The highest BCUT2D eigenvalue weighted by molar-refractivity contribution is 6.30. The van der Waals surface area contributed by atoms with Crippen LogP contribution in [0.25, 0.3) is 5.69 Å². The van der Waals surface area contributed by atoms with Crippen LogP contribution in [0.4, 0.5) is 4.39 Å². The van der Waals surface area contributed by atoms with Gasteiger partial charge in [0.1, 0.15) is 5.82 Å².